The van der Waals surface area contributed by atoms with E-state index in [1.54, 1.807) is 12.1 Å². The second-order valence-electron chi connectivity index (χ2n) is 9.07. The average molecular weight is 514 g/mol. The largest absolute Gasteiger partial charge is 0.323 e. The number of halogens is 3. The van der Waals surface area contributed by atoms with Gasteiger partial charge in [-0.25, -0.2) is 22.6 Å². The minimum atomic E-state index is -0.759. The summed E-state index contributed by atoms with van der Waals surface area (Å²) in [5, 5.41) is 7.31. The molecule has 38 heavy (non-hydrogen) atoms. The molecule has 0 spiro atoms. The first kappa shape index (κ1) is 23.6. The number of amides is 2. The lowest BCUT2D eigenvalue weighted by atomic mass is 10.0. The standard InChI is InChI=1S/C29H22F3N5O/c1-18-23-17-36(29(38)33-25-16-21(31)13-14-24(25)32)27(19-9-11-20(30)12-10-19)26-8-5-15-35(26)28(23)37(34-18)22-6-3-2-4-7-22/h2-16,27H,17H2,1H3,(H,33,38)/t27-/m1/s1. The van der Waals surface area contributed by atoms with Gasteiger partial charge in [0.1, 0.15) is 23.3 Å². The van der Waals surface area contributed by atoms with Gasteiger partial charge in [0, 0.05) is 17.8 Å². The minimum absolute atomic E-state index is 0.112. The third-order valence-electron chi connectivity index (χ3n) is 6.70. The average Bonchev–Trinajstić information content (AvgIpc) is 3.48. The molecular weight excluding hydrogens is 491 g/mol. The summed E-state index contributed by atoms with van der Waals surface area (Å²) >= 11 is 0. The van der Waals surface area contributed by atoms with Gasteiger partial charge in [-0.15, -0.1) is 0 Å². The maximum absolute atomic E-state index is 14.5. The lowest BCUT2D eigenvalue weighted by molar-refractivity contribution is 0.194. The van der Waals surface area contributed by atoms with Gasteiger partial charge >= 0.3 is 6.03 Å². The van der Waals surface area contributed by atoms with Crippen LogP contribution >= 0.6 is 0 Å². The second-order valence-corrected chi connectivity index (χ2v) is 9.07. The number of carbonyl (C=O) groups is 1. The molecule has 3 heterocycles. The van der Waals surface area contributed by atoms with Crippen LogP contribution < -0.4 is 5.32 Å². The van der Waals surface area contributed by atoms with Gasteiger partial charge in [-0.1, -0.05) is 30.3 Å². The molecule has 0 saturated carbocycles. The van der Waals surface area contributed by atoms with Crippen LogP contribution in [0, 0.1) is 24.4 Å². The van der Waals surface area contributed by atoms with Crippen molar-refractivity contribution in [3.8, 4) is 11.5 Å². The Balaban J connectivity index is 1.54. The summed E-state index contributed by atoms with van der Waals surface area (Å²) in [6.07, 6.45) is 1.89. The molecule has 0 radical (unpaired) electrons. The Morgan fingerprint density at radius 3 is 2.42 bits per heavy atom. The van der Waals surface area contributed by atoms with E-state index in [4.69, 9.17) is 5.10 Å². The van der Waals surface area contributed by atoms with Gasteiger partial charge in [-0.3, -0.25) is 0 Å². The lowest BCUT2D eigenvalue weighted by Crippen LogP contribution is -2.38. The molecule has 1 aliphatic rings. The number of carbonyl (C=O) groups excluding carboxylic acids is 1. The molecule has 1 N–H and O–H groups in total. The Hall–Kier alpha value is -4.79. The SMILES string of the molecule is Cc1nn(-c2ccccc2)c2c1CN(C(=O)Nc1cc(F)ccc1F)[C@H](c1ccc(F)cc1)c1cccn1-2. The zero-order valence-electron chi connectivity index (χ0n) is 20.3. The maximum atomic E-state index is 14.5. The summed E-state index contributed by atoms with van der Waals surface area (Å²) in [6, 6.07) is 20.8. The Kier molecular flexibility index (Phi) is 5.75. The number of rotatable bonds is 3. The third kappa shape index (κ3) is 4.02. The number of fused-ring (bicyclic) bond motifs is 3. The summed E-state index contributed by atoms with van der Waals surface area (Å²) in [4.78, 5) is 15.3. The van der Waals surface area contributed by atoms with E-state index in [9.17, 15) is 18.0 Å². The van der Waals surface area contributed by atoms with Crippen molar-refractivity contribution in [1.29, 1.82) is 0 Å². The quantitative estimate of drug-likeness (QED) is 0.298. The summed E-state index contributed by atoms with van der Waals surface area (Å²) in [5.74, 6) is -1.09. The van der Waals surface area contributed by atoms with E-state index in [2.05, 4.69) is 5.32 Å². The van der Waals surface area contributed by atoms with Crippen LogP contribution in [0.2, 0.25) is 0 Å². The molecule has 0 bridgehead atoms. The number of benzene rings is 3. The van der Waals surface area contributed by atoms with E-state index in [-0.39, 0.29) is 12.2 Å². The first-order valence-electron chi connectivity index (χ1n) is 12.0. The van der Waals surface area contributed by atoms with Crippen molar-refractivity contribution < 1.29 is 18.0 Å². The molecule has 0 saturated heterocycles. The normalized spacial score (nSPS) is 14.5. The van der Waals surface area contributed by atoms with Gasteiger partial charge < -0.3 is 14.8 Å². The van der Waals surface area contributed by atoms with E-state index in [0.717, 1.165) is 41.0 Å². The number of aryl methyl sites for hydroxylation is 1. The van der Waals surface area contributed by atoms with Crippen LogP contribution in [0.15, 0.2) is 91.1 Å². The number of anilines is 1. The number of aromatic nitrogens is 3. The lowest BCUT2D eigenvalue weighted by Gasteiger charge is -2.31. The molecule has 1 atom stereocenters. The fourth-order valence-corrected chi connectivity index (χ4v) is 4.93. The highest BCUT2D eigenvalue weighted by molar-refractivity contribution is 5.90. The van der Waals surface area contributed by atoms with Crippen molar-refractivity contribution in [2.45, 2.75) is 19.5 Å². The van der Waals surface area contributed by atoms with Gasteiger partial charge in [0.05, 0.1) is 35.3 Å². The van der Waals surface area contributed by atoms with Crippen LogP contribution in [-0.2, 0) is 6.54 Å². The number of para-hydroxylation sites is 1. The van der Waals surface area contributed by atoms with Gasteiger partial charge in [0.25, 0.3) is 0 Å². The van der Waals surface area contributed by atoms with Crippen molar-refractivity contribution in [2.24, 2.45) is 0 Å². The molecule has 190 valence electrons. The number of nitrogens with zero attached hydrogens (tertiary/aromatic N) is 4. The predicted molar refractivity (Wildman–Crippen MR) is 137 cm³/mol. The number of nitrogens with one attached hydrogen (secondary N) is 1. The Bertz CT molecular complexity index is 1640. The zero-order valence-corrected chi connectivity index (χ0v) is 20.3. The molecule has 5 aromatic rings. The van der Waals surface area contributed by atoms with E-state index in [1.807, 2.05) is 64.8 Å². The molecule has 9 heteroatoms. The third-order valence-corrected chi connectivity index (χ3v) is 6.70. The number of hydrogen-bond donors (Lipinski definition) is 1. The molecule has 2 amide bonds. The molecule has 6 rings (SSSR count). The Morgan fingerprint density at radius 2 is 1.66 bits per heavy atom. The smallest absolute Gasteiger partial charge is 0.307 e. The maximum Gasteiger partial charge on any atom is 0.323 e. The highest BCUT2D eigenvalue weighted by atomic mass is 19.1. The topological polar surface area (TPSA) is 55.1 Å². The molecule has 6 nitrogen and oxygen atoms in total. The van der Waals surface area contributed by atoms with E-state index < -0.39 is 29.5 Å². The highest BCUT2D eigenvalue weighted by Gasteiger charge is 2.36. The zero-order chi connectivity index (χ0) is 26.4. The summed E-state index contributed by atoms with van der Waals surface area (Å²) in [6.45, 7) is 1.97. The van der Waals surface area contributed by atoms with Gasteiger partial charge in [0.2, 0.25) is 0 Å². The second kappa shape index (κ2) is 9.26. The number of hydrogen-bond acceptors (Lipinski definition) is 2. The van der Waals surface area contributed by atoms with Crippen molar-refractivity contribution in [3.05, 3.63) is 131 Å². The Labute approximate surface area is 216 Å². The van der Waals surface area contributed by atoms with Crippen LogP contribution in [0.5, 0.6) is 0 Å². The first-order chi connectivity index (χ1) is 18.4. The van der Waals surface area contributed by atoms with Gasteiger partial charge in [-0.2, -0.15) is 5.10 Å². The predicted octanol–water partition coefficient (Wildman–Crippen LogP) is 6.53. The van der Waals surface area contributed by atoms with Crippen molar-refractivity contribution >= 4 is 11.7 Å². The molecule has 0 aliphatic carbocycles. The summed E-state index contributed by atoms with van der Waals surface area (Å²) in [5.41, 5.74) is 3.44. The van der Waals surface area contributed by atoms with Crippen molar-refractivity contribution in [3.63, 3.8) is 0 Å². The summed E-state index contributed by atoms with van der Waals surface area (Å²) < 4.78 is 46.0. The Morgan fingerprint density at radius 1 is 0.921 bits per heavy atom. The fourth-order valence-electron chi connectivity index (χ4n) is 4.93. The van der Waals surface area contributed by atoms with Crippen LogP contribution in [0.3, 0.4) is 0 Å². The van der Waals surface area contributed by atoms with Crippen LogP contribution in [0.1, 0.15) is 28.6 Å². The van der Waals surface area contributed by atoms with E-state index in [0.29, 0.717) is 11.3 Å². The fraction of sp³-hybridized carbons (Fsp3) is 0.103. The van der Waals surface area contributed by atoms with Crippen molar-refractivity contribution in [1.82, 2.24) is 19.2 Å². The highest BCUT2D eigenvalue weighted by Crippen LogP contribution is 2.38. The molecule has 3 aromatic carbocycles. The van der Waals surface area contributed by atoms with Crippen LogP contribution in [0.4, 0.5) is 23.7 Å². The van der Waals surface area contributed by atoms with Crippen LogP contribution in [-0.4, -0.2) is 25.3 Å². The molecule has 2 aromatic heterocycles. The first-order valence-corrected chi connectivity index (χ1v) is 12.0. The molecule has 1 aliphatic heterocycles. The number of urea groups is 1. The van der Waals surface area contributed by atoms with Gasteiger partial charge in [-0.05, 0) is 61.0 Å². The molecule has 0 unspecified atom stereocenters. The summed E-state index contributed by atoms with van der Waals surface area (Å²) in [7, 11) is 0. The van der Waals surface area contributed by atoms with Crippen molar-refractivity contribution in [2.75, 3.05) is 5.32 Å². The van der Waals surface area contributed by atoms with Crippen LogP contribution in [0.25, 0.3) is 11.5 Å². The van der Waals surface area contributed by atoms with E-state index >= 15 is 0 Å². The molecule has 0 fully saturated rings. The molecular formula is C29H22F3N5O. The van der Waals surface area contributed by atoms with Gasteiger partial charge in [0.15, 0.2) is 0 Å². The minimum Gasteiger partial charge on any atom is -0.307 e. The monoisotopic (exact) mass is 513 g/mol. The van der Waals surface area contributed by atoms with E-state index in [1.165, 1.54) is 17.0 Å².